The van der Waals surface area contributed by atoms with Crippen molar-refractivity contribution in [1.82, 2.24) is 29.9 Å². The zero-order chi connectivity index (χ0) is 24.4. The number of pyridine rings is 1. The van der Waals surface area contributed by atoms with Crippen molar-refractivity contribution in [1.29, 1.82) is 0 Å². The Hall–Kier alpha value is -3.60. The minimum absolute atomic E-state index is 0.230. The molecule has 0 amide bonds. The van der Waals surface area contributed by atoms with Crippen LogP contribution in [0.15, 0.2) is 53.8 Å². The van der Waals surface area contributed by atoms with Crippen LogP contribution in [0.4, 0.5) is 5.95 Å². The first kappa shape index (κ1) is 23.2. The third-order valence-electron chi connectivity index (χ3n) is 6.26. The average molecular weight is 494 g/mol. The van der Waals surface area contributed by atoms with Gasteiger partial charge in [0.1, 0.15) is 17.6 Å². The van der Waals surface area contributed by atoms with Gasteiger partial charge in [0.15, 0.2) is 9.84 Å². The summed E-state index contributed by atoms with van der Waals surface area (Å²) in [5.74, 6) is 1.22. The highest BCUT2D eigenvalue weighted by atomic mass is 32.2. The molecule has 0 N–H and O–H groups in total. The molecule has 0 atom stereocenters. The topological polar surface area (TPSA) is 116 Å². The molecule has 1 aliphatic rings. The standard InChI is InChI=1S/C24H27N7O3S/c1-3-17-13-26-24(27-14-17)30-10-8-19(9-11-30)31-22-15-25-23(12-21(22)28-29-31)34-16-18-4-6-20(7-5-18)35(2,32)33/h4-7,12-15,19H,3,8-11,16H2,1-2H3. The summed E-state index contributed by atoms with van der Waals surface area (Å²) >= 11 is 0. The smallest absolute Gasteiger partial charge is 0.225 e. The van der Waals surface area contributed by atoms with E-state index in [1.165, 1.54) is 6.26 Å². The monoisotopic (exact) mass is 493 g/mol. The Morgan fingerprint density at radius 1 is 1.00 bits per heavy atom. The van der Waals surface area contributed by atoms with Crippen LogP contribution in [0, 0.1) is 0 Å². The lowest BCUT2D eigenvalue weighted by molar-refractivity contribution is 0.294. The van der Waals surface area contributed by atoms with E-state index in [1.54, 1.807) is 36.5 Å². The summed E-state index contributed by atoms with van der Waals surface area (Å²) in [5.41, 5.74) is 3.58. The summed E-state index contributed by atoms with van der Waals surface area (Å²) in [5, 5.41) is 8.73. The Labute approximate surface area is 203 Å². The molecule has 4 heterocycles. The van der Waals surface area contributed by atoms with Gasteiger partial charge < -0.3 is 9.64 Å². The van der Waals surface area contributed by atoms with E-state index in [9.17, 15) is 8.42 Å². The highest BCUT2D eigenvalue weighted by Gasteiger charge is 2.24. The van der Waals surface area contributed by atoms with Crippen molar-refractivity contribution >= 4 is 26.8 Å². The van der Waals surface area contributed by atoms with Gasteiger partial charge in [-0.15, -0.1) is 5.10 Å². The molecule has 1 aliphatic heterocycles. The number of hydrogen-bond donors (Lipinski definition) is 0. The number of benzene rings is 1. The van der Waals surface area contributed by atoms with Crippen molar-refractivity contribution in [3.8, 4) is 5.88 Å². The van der Waals surface area contributed by atoms with Gasteiger partial charge in [-0.3, -0.25) is 0 Å². The Bertz CT molecular complexity index is 1410. The van der Waals surface area contributed by atoms with Gasteiger partial charge in [0, 0.05) is 37.8 Å². The second-order valence-electron chi connectivity index (χ2n) is 8.71. The van der Waals surface area contributed by atoms with Gasteiger partial charge in [0.05, 0.1) is 17.1 Å². The van der Waals surface area contributed by atoms with Crippen LogP contribution in [-0.4, -0.2) is 57.7 Å². The molecule has 182 valence electrons. The third kappa shape index (κ3) is 5.09. The van der Waals surface area contributed by atoms with Crippen LogP contribution in [-0.2, 0) is 22.9 Å². The summed E-state index contributed by atoms with van der Waals surface area (Å²) in [6.45, 7) is 4.07. The van der Waals surface area contributed by atoms with Gasteiger partial charge in [0.2, 0.25) is 11.8 Å². The first-order valence-corrected chi connectivity index (χ1v) is 13.5. The summed E-state index contributed by atoms with van der Waals surface area (Å²) in [4.78, 5) is 15.9. The summed E-state index contributed by atoms with van der Waals surface area (Å²) in [7, 11) is -3.22. The molecule has 1 fully saturated rings. The summed E-state index contributed by atoms with van der Waals surface area (Å²) in [6.07, 6.45) is 9.49. The normalized spacial score (nSPS) is 15.0. The lowest BCUT2D eigenvalue weighted by Crippen LogP contribution is -2.36. The lowest BCUT2D eigenvalue weighted by Gasteiger charge is -2.32. The summed E-state index contributed by atoms with van der Waals surface area (Å²) in [6, 6.07) is 8.64. The fraction of sp³-hybridized carbons (Fsp3) is 0.375. The van der Waals surface area contributed by atoms with Crippen LogP contribution in [0.1, 0.15) is 36.9 Å². The third-order valence-corrected chi connectivity index (χ3v) is 7.39. The minimum Gasteiger partial charge on any atom is -0.473 e. The zero-order valence-corrected chi connectivity index (χ0v) is 20.5. The number of ether oxygens (including phenoxy) is 1. The number of anilines is 1. The number of aryl methyl sites for hydroxylation is 1. The number of fused-ring (bicyclic) bond motifs is 1. The average Bonchev–Trinajstić information content (AvgIpc) is 3.31. The Morgan fingerprint density at radius 2 is 1.71 bits per heavy atom. The zero-order valence-electron chi connectivity index (χ0n) is 19.7. The van der Waals surface area contributed by atoms with Gasteiger partial charge in [-0.1, -0.05) is 24.3 Å². The van der Waals surface area contributed by atoms with Crippen LogP contribution in [0.2, 0.25) is 0 Å². The number of hydrogen-bond acceptors (Lipinski definition) is 9. The van der Waals surface area contributed by atoms with Crippen molar-refractivity contribution in [2.45, 2.75) is 43.7 Å². The Kier molecular flexibility index (Phi) is 6.33. The predicted molar refractivity (Wildman–Crippen MR) is 131 cm³/mol. The van der Waals surface area contributed by atoms with E-state index in [0.29, 0.717) is 5.88 Å². The number of piperidine rings is 1. The number of nitrogens with zero attached hydrogens (tertiary/aromatic N) is 7. The molecule has 0 radical (unpaired) electrons. The highest BCUT2D eigenvalue weighted by Crippen LogP contribution is 2.27. The minimum atomic E-state index is -3.22. The van der Waals surface area contributed by atoms with E-state index in [4.69, 9.17) is 4.74 Å². The first-order chi connectivity index (χ1) is 16.9. The van der Waals surface area contributed by atoms with Crippen molar-refractivity contribution < 1.29 is 13.2 Å². The molecule has 0 spiro atoms. The van der Waals surface area contributed by atoms with Gasteiger partial charge >= 0.3 is 0 Å². The maximum absolute atomic E-state index is 11.6. The highest BCUT2D eigenvalue weighted by molar-refractivity contribution is 7.90. The summed E-state index contributed by atoms with van der Waals surface area (Å²) < 4.78 is 31.0. The fourth-order valence-electron chi connectivity index (χ4n) is 4.16. The number of rotatable bonds is 7. The molecule has 11 heteroatoms. The van der Waals surface area contributed by atoms with Crippen LogP contribution < -0.4 is 9.64 Å². The van der Waals surface area contributed by atoms with Gasteiger partial charge in [0.25, 0.3) is 0 Å². The predicted octanol–water partition coefficient (Wildman–Crippen LogP) is 3.00. The maximum atomic E-state index is 11.6. The lowest BCUT2D eigenvalue weighted by atomic mass is 10.1. The second-order valence-corrected chi connectivity index (χ2v) is 10.7. The van der Waals surface area contributed by atoms with Crippen molar-refractivity contribution in [3.63, 3.8) is 0 Å². The van der Waals surface area contributed by atoms with Crippen molar-refractivity contribution in [2.75, 3.05) is 24.2 Å². The van der Waals surface area contributed by atoms with E-state index < -0.39 is 9.84 Å². The van der Waals surface area contributed by atoms with Crippen molar-refractivity contribution in [3.05, 3.63) is 60.0 Å². The number of aromatic nitrogens is 6. The van der Waals surface area contributed by atoms with Crippen LogP contribution in [0.5, 0.6) is 5.88 Å². The first-order valence-electron chi connectivity index (χ1n) is 11.6. The van der Waals surface area contributed by atoms with E-state index in [2.05, 4.69) is 37.1 Å². The van der Waals surface area contributed by atoms with Crippen LogP contribution in [0.25, 0.3) is 11.0 Å². The largest absolute Gasteiger partial charge is 0.473 e. The van der Waals surface area contributed by atoms with E-state index in [0.717, 1.165) is 60.5 Å². The Morgan fingerprint density at radius 3 is 2.37 bits per heavy atom. The quantitative estimate of drug-likeness (QED) is 0.383. The second kappa shape index (κ2) is 9.57. The molecular weight excluding hydrogens is 466 g/mol. The molecule has 3 aromatic heterocycles. The van der Waals surface area contributed by atoms with Crippen LogP contribution in [0.3, 0.4) is 0 Å². The molecule has 35 heavy (non-hydrogen) atoms. The SMILES string of the molecule is CCc1cnc(N2CCC(n3nnc4cc(OCc5ccc(S(C)(=O)=O)cc5)ncc43)CC2)nc1. The molecule has 0 saturated carbocycles. The molecule has 10 nitrogen and oxygen atoms in total. The van der Waals surface area contributed by atoms with Gasteiger partial charge in [-0.2, -0.15) is 0 Å². The molecule has 1 saturated heterocycles. The molecule has 0 bridgehead atoms. The molecule has 1 aromatic carbocycles. The van der Waals surface area contributed by atoms with E-state index >= 15 is 0 Å². The molecule has 4 aromatic rings. The molecule has 0 aliphatic carbocycles. The number of sulfone groups is 1. The molecule has 5 rings (SSSR count). The fourth-order valence-corrected chi connectivity index (χ4v) is 4.79. The van der Waals surface area contributed by atoms with Crippen molar-refractivity contribution in [2.24, 2.45) is 0 Å². The van der Waals surface area contributed by atoms with E-state index in [-0.39, 0.29) is 17.5 Å². The molecule has 0 unspecified atom stereocenters. The van der Waals surface area contributed by atoms with Gasteiger partial charge in [-0.05, 0) is 42.5 Å². The maximum Gasteiger partial charge on any atom is 0.225 e. The van der Waals surface area contributed by atoms with Gasteiger partial charge in [-0.25, -0.2) is 28.1 Å². The van der Waals surface area contributed by atoms with E-state index in [1.807, 2.05) is 17.1 Å². The molecular formula is C24H27N7O3S. The Balaban J connectivity index is 1.22. The van der Waals surface area contributed by atoms with Crippen LogP contribution >= 0.6 is 0 Å².